The lowest BCUT2D eigenvalue weighted by atomic mass is 9.82. The summed E-state index contributed by atoms with van der Waals surface area (Å²) in [5.41, 5.74) is 4.43. The highest BCUT2D eigenvalue weighted by molar-refractivity contribution is 7.84. The van der Waals surface area contributed by atoms with Crippen molar-refractivity contribution in [2.24, 2.45) is 4.40 Å². The van der Waals surface area contributed by atoms with Gasteiger partial charge in [-0.2, -0.15) is 4.40 Å². The molecule has 1 saturated carbocycles. The van der Waals surface area contributed by atoms with Crippen LogP contribution < -0.4 is 5.32 Å². The molecule has 4 nitrogen and oxygen atoms in total. The predicted octanol–water partition coefficient (Wildman–Crippen LogP) is 3.85. The Labute approximate surface area is 149 Å². The first-order chi connectivity index (χ1) is 12.2. The Morgan fingerprint density at radius 3 is 2.56 bits per heavy atom. The van der Waals surface area contributed by atoms with Crippen LogP contribution in [-0.2, 0) is 11.0 Å². The average Bonchev–Trinajstić information content (AvgIpc) is 2.98. The van der Waals surface area contributed by atoms with Crippen LogP contribution in [0.1, 0.15) is 59.2 Å². The molecule has 1 fully saturated rings. The van der Waals surface area contributed by atoms with Gasteiger partial charge in [-0.15, -0.1) is 0 Å². The fourth-order valence-corrected chi connectivity index (χ4v) is 5.22. The van der Waals surface area contributed by atoms with Crippen LogP contribution in [0.5, 0.6) is 0 Å². The van der Waals surface area contributed by atoms with Crippen molar-refractivity contribution in [3.8, 4) is 0 Å². The SMILES string of the molecule is O=C1c2cccc3c2C(=NS3=O)c2cccc(NC3CCCCC3)c21. The van der Waals surface area contributed by atoms with Crippen LogP contribution in [0.2, 0.25) is 0 Å². The summed E-state index contributed by atoms with van der Waals surface area (Å²) in [7, 11) is -1.42. The van der Waals surface area contributed by atoms with E-state index in [1.807, 2.05) is 24.3 Å². The van der Waals surface area contributed by atoms with Gasteiger partial charge in [0.15, 0.2) is 16.8 Å². The van der Waals surface area contributed by atoms with Crippen molar-refractivity contribution in [2.75, 3.05) is 5.32 Å². The van der Waals surface area contributed by atoms with Crippen molar-refractivity contribution in [1.29, 1.82) is 0 Å². The Morgan fingerprint density at radius 2 is 1.72 bits per heavy atom. The molecule has 1 atom stereocenters. The summed E-state index contributed by atoms with van der Waals surface area (Å²) in [4.78, 5) is 13.9. The lowest BCUT2D eigenvalue weighted by Crippen LogP contribution is -2.26. The topological polar surface area (TPSA) is 58.5 Å². The minimum atomic E-state index is -1.42. The minimum Gasteiger partial charge on any atom is -0.382 e. The van der Waals surface area contributed by atoms with Gasteiger partial charge in [0.1, 0.15) is 0 Å². The van der Waals surface area contributed by atoms with E-state index in [0.717, 1.165) is 29.7 Å². The maximum atomic E-state index is 13.2. The molecule has 2 aliphatic carbocycles. The molecule has 1 heterocycles. The Hall–Kier alpha value is -2.27. The number of anilines is 1. The van der Waals surface area contributed by atoms with Gasteiger partial charge in [-0.05, 0) is 25.0 Å². The van der Waals surface area contributed by atoms with Crippen LogP contribution in [0, 0.1) is 0 Å². The molecule has 1 N–H and O–H groups in total. The van der Waals surface area contributed by atoms with Gasteiger partial charge in [-0.3, -0.25) is 4.79 Å². The second-order valence-corrected chi connectivity index (χ2v) is 8.03. The van der Waals surface area contributed by atoms with Crippen LogP contribution in [0.25, 0.3) is 0 Å². The molecule has 1 unspecified atom stereocenters. The summed E-state index contributed by atoms with van der Waals surface area (Å²) in [6, 6.07) is 11.7. The monoisotopic (exact) mass is 350 g/mol. The number of carbonyl (C=O) groups is 1. The predicted molar refractivity (Wildman–Crippen MR) is 98.9 cm³/mol. The van der Waals surface area contributed by atoms with Crippen LogP contribution in [-0.4, -0.2) is 21.7 Å². The van der Waals surface area contributed by atoms with Crippen molar-refractivity contribution >= 4 is 28.2 Å². The van der Waals surface area contributed by atoms with E-state index in [1.165, 1.54) is 19.3 Å². The number of ketones is 1. The quantitative estimate of drug-likeness (QED) is 0.764. The van der Waals surface area contributed by atoms with Gasteiger partial charge in [0.2, 0.25) is 0 Å². The lowest BCUT2D eigenvalue weighted by Gasteiger charge is -2.27. The summed E-state index contributed by atoms with van der Waals surface area (Å²) < 4.78 is 16.7. The Kier molecular flexibility index (Phi) is 3.38. The summed E-state index contributed by atoms with van der Waals surface area (Å²) in [5, 5.41) is 3.59. The van der Waals surface area contributed by atoms with E-state index in [9.17, 15) is 9.00 Å². The van der Waals surface area contributed by atoms with Crippen molar-refractivity contribution in [3.05, 3.63) is 58.7 Å². The van der Waals surface area contributed by atoms with Gasteiger partial charge < -0.3 is 5.32 Å². The van der Waals surface area contributed by atoms with Gasteiger partial charge in [0.25, 0.3) is 0 Å². The maximum absolute atomic E-state index is 13.2. The molecule has 126 valence electrons. The van der Waals surface area contributed by atoms with E-state index >= 15 is 0 Å². The molecule has 0 radical (unpaired) electrons. The van der Waals surface area contributed by atoms with E-state index in [2.05, 4.69) is 9.71 Å². The normalized spacial score (nSPS) is 21.5. The van der Waals surface area contributed by atoms with E-state index in [4.69, 9.17) is 0 Å². The van der Waals surface area contributed by atoms with Crippen LogP contribution in [0.3, 0.4) is 0 Å². The summed E-state index contributed by atoms with van der Waals surface area (Å²) in [6.45, 7) is 0. The molecule has 5 rings (SSSR count). The number of rotatable bonds is 2. The second-order valence-electron chi connectivity index (χ2n) is 6.90. The van der Waals surface area contributed by atoms with Crippen molar-refractivity contribution < 1.29 is 9.00 Å². The van der Waals surface area contributed by atoms with Crippen molar-refractivity contribution in [2.45, 2.75) is 43.0 Å². The molecule has 1 aliphatic heterocycles. The highest BCUT2D eigenvalue weighted by atomic mass is 32.2. The molecule has 0 aromatic heterocycles. The lowest BCUT2D eigenvalue weighted by molar-refractivity contribution is 0.103. The molecule has 2 aromatic carbocycles. The molecule has 0 spiro atoms. The maximum Gasteiger partial charge on any atom is 0.196 e. The zero-order valence-corrected chi connectivity index (χ0v) is 14.6. The zero-order chi connectivity index (χ0) is 17.0. The molecular weight excluding hydrogens is 332 g/mol. The van der Waals surface area contributed by atoms with Crippen molar-refractivity contribution in [3.63, 3.8) is 0 Å². The van der Waals surface area contributed by atoms with E-state index < -0.39 is 11.0 Å². The Morgan fingerprint density at radius 1 is 0.960 bits per heavy atom. The molecule has 3 aliphatic rings. The zero-order valence-electron chi connectivity index (χ0n) is 13.7. The number of hydrogen-bond donors (Lipinski definition) is 1. The smallest absolute Gasteiger partial charge is 0.196 e. The van der Waals surface area contributed by atoms with Crippen molar-refractivity contribution in [1.82, 2.24) is 0 Å². The highest BCUT2D eigenvalue weighted by Gasteiger charge is 2.37. The number of nitrogens with zero attached hydrogens (tertiary/aromatic N) is 1. The highest BCUT2D eigenvalue weighted by Crippen LogP contribution is 2.39. The molecule has 25 heavy (non-hydrogen) atoms. The first kappa shape index (κ1) is 15.0. The van der Waals surface area contributed by atoms with E-state index in [0.29, 0.717) is 27.8 Å². The largest absolute Gasteiger partial charge is 0.382 e. The van der Waals surface area contributed by atoms with Gasteiger partial charge >= 0.3 is 0 Å². The van der Waals surface area contributed by atoms with E-state index in [1.54, 1.807) is 12.1 Å². The average molecular weight is 350 g/mol. The summed E-state index contributed by atoms with van der Waals surface area (Å²) in [5.74, 6) is 0.00334. The van der Waals surface area contributed by atoms with Gasteiger partial charge in [-0.1, -0.05) is 43.5 Å². The standard InChI is InChI=1S/C20H18N2O2S/c23-20-14-9-5-11-16-18(14)19(22-25(16)24)13-8-4-10-15(17(13)20)21-12-6-2-1-3-7-12/h4-5,8-12,21H,1-3,6-7H2. The molecule has 0 amide bonds. The fraction of sp³-hybridized carbons (Fsp3) is 0.300. The van der Waals surface area contributed by atoms with Gasteiger partial charge in [0.05, 0.1) is 16.2 Å². The van der Waals surface area contributed by atoms with Crippen LogP contribution in [0.15, 0.2) is 45.7 Å². The first-order valence-electron chi connectivity index (χ1n) is 8.82. The van der Waals surface area contributed by atoms with E-state index in [-0.39, 0.29) is 5.78 Å². The molecule has 5 heteroatoms. The Balaban J connectivity index is 1.65. The van der Waals surface area contributed by atoms with Gasteiger partial charge in [-0.25, -0.2) is 4.21 Å². The third-order valence-corrected chi connectivity index (χ3v) is 6.45. The Bertz CT molecular complexity index is 958. The summed E-state index contributed by atoms with van der Waals surface area (Å²) in [6.07, 6.45) is 6.05. The number of hydrogen-bond acceptors (Lipinski definition) is 3. The summed E-state index contributed by atoms with van der Waals surface area (Å²) >= 11 is 0. The third kappa shape index (κ3) is 2.22. The third-order valence-electron chi connectivity index (χ3n) is 5.38. The first-order valence-corrected chi connectivity index (χ1v) is 9.93. The minimum absolute atomic E-state index is 0.00334. The number of nitrogens with one attached hydrogen (secondary N) is 1. The number of carbonyl (C=O) groups excluding carboxylic acids is 1. The second kappa shape index (κ2) is 5.63. The molecule has 2 aromatic rings. The number of fused-ring (bicyclic) bond motifs is 2. The van der Waals surface area contributed by atoms with Crippen LogP contribution in [0.4, 0.5) is 5.69 Å². The van der Waals surface area contributed by atoms with Gasteiger partial charge in [0, 0.05) is 28.4 Å². The van der Waals surface area contributed by atoms with Crippen LogP contribution >= 0.6 is 0 Å². The number of benzene rings is 2. The molecular formula is C20H18N2O2S. The molecule has 0 saturated heterocycles. The fourth-order valence-electron chi connectivity index (χ4n) is 4.19. The molecule has 0 bridgehead atoms.